The number of alkyl carbamates (subject to hydrolysis) is 1. The lowest BCUT2D eigenvalue weighted by molar-refractivity contribution is -0.139. The molecule has 2 aromatic carbocycles. The predicted molar refractivity (Wildman–Crippen MR) is 103 cm³/mol. The fourth-order valence-electron chi connectivity index (χ4n) is 2.06. The molecule has 150 valence electrons. The molecule has 0 aromatic heterocycles. The third-order valence-electron chi connectivity index (χ3n) is 3.46. The summed E-state index contributed by atoms with van der Waals surface area (Å²) in [7, 11) is -4.15. The summed E-state index contributed by atoms with van der Waals surface area (Å²) in [6, 6.07) is 11.0. The van der Waals surface area contributed by atoms with Crippen molar-refractivity contribution in [2.45, 2.75) is 17.5 Å². The Bertz CT molecular complexity index is 953. The van der Waals surface area contributed by atoms with Gasteiger partial charge in [0.1, 0.15) is 17.5 Å². The summed E-state index contributed by atoms with van der Waals surface area (Å²) in [6.07, 6.45) is -1.00. The number of hydrogen-bond acceptors (Lipinski definition) is 5. The minimum Gasteiger partial charge on any atom is -0.480 e. The maximum absolute atomic E-state index is 12.3. The van der Waals surface area contributed by atoms with Gasteiger partial charge in [0.25, 0.3) is 0 Å². The van der Waals surface area contributed by atoms with Crippen molar-refractivity contribution in [1.82, 2.24) is 10.0 Å². The van der Waals surface area contributed by atoms with Crippen molar-refractivity contribution < 1.29 is 27.9 Å². The lowest BCUT2D eigenvalue weighted by Gasteiger charge is -2.16. The molecule has 0 saturated carbocycles. The van der Waals surface area contributed by atoms with Crippen LogP contribution in [0, 0.1) is 0 Å². The van der Waals surface area contributed by atoms with Gasteiger partial charge in [0.05, 0.1) is 5.02 Å². The third kappa shape index (κ3) is 6.38. The van der Waals surface area contributed by atoms with Gasteiger partial charge in [-0.3, -0.25) is 0 Å². The molecule has 2 aromatic rings. The molecule has 3 N–H and O–H groups in total. The molecule has 0 fully saturated rings. The monoisotopic (exact) mass is 446 g/mol. The second-order valence-electron chi connectivity index (χ2n) is 5.52. The molecule has 1 amide bonds. The quantitative estimate of drug-likeness (QED) is 0.572. The lowest BCUT2D eigenvalue weighted by atomic mass is 10.2. The van der Waals surface area contributed by atoms with E-state index < -0.39 is 34.7 Å². The van der Waals surface area contributed by atoms with Gasteiger partial charge < -0.3 is 15.2 Å². The number of carboxylic acids is 1. The van der Waals surface area contributed by atoms with Crippen molar-refractivity contribution in [3.05, 3.63) is 64.1 Å². The molecule has 0 saturated heterocycles. The minimum absolute atomic E-state index is 0.0666. The number of halogens is 2. The molecule has 0 heterocycles. The van der Waals surface area contributed by atoms with Gasteiger partial charge in [-0.25, -0.2) is 22.7 Å². The highest BCUT2D eigenvalue weighted by molar-refractivity contribution is 7.89. The number of benzene rings is 2. The molecule has 28 heavy (non-hydrogen) atoms. The van der Waals surface area contributed by atoms with Gasteiger partial charge in [0, 0.05) is 11.6 Å². The first kappa shape index (κ1) is 22.0. The number of carbonyl (C=O) groups is 2. The summed E-state index contributed by atoms with van der Waals surface area (Å²) in [6.45, 7) is -0.691. The summed E-state index contributed by atoms with van der Waals surface area (Å²) in [4.78, 5) is 22.8. The smallest absolute Gasteiger partial charge is 0.408 e. The molecule has 0 aliphatic heterocycles. The number of nitrogens with one attached hydrogen (secondary N) is 2. The van der Waals surface area contributed by atoms with Gasteiger partial charge in [-0.1, -0.05) is 53.5 Å². The molecular formula is C17H16Cl2N2O6S. The Morgan fingerprint density at radius 3 is 2.43 bits per heavy atom. The second-order valence-corrected chi connectivity index (χ2v) is 8.10. The molecule has 0 bridgehead atoms. The molecule has 1 unspecified atom stereocenters. The van der Waals surface area contributed by atoms with Crippen LogP contribution in [0.2, 0.25) is 10.0 Å². The molecule has 2 rings (SSSR count). The Balaban J connectivity index is 1.97. The number of carboxylic acid groups (broad SMARTS) is 1. The van der Waals surface area contributed by atoms with Crippen molar-refractivity contribution >= 4 is 45.3 Å². The van der Waals surface area contributed by atoms with E-state index in [0.29, 0.717) is 5.56 Å². The van der Waals surface area contributed by atoms with Crippen LogP contribution >= 0.6 is 23.2 Å². The summed E-state index contributed by atoms with van der Waals surface area (Å²) < 4.78 is 31.7. The Hall–Kier alpha value is -2.33. The zero-order valence-corrected chi connectivity index (χ0v) is 16.6. The topological polar surface area (TPSA) is 122 Å². The molecule has 11 heteroatoms. The lowest BCUT2D eigenvalue weighted by Crippen LogP contribution is -2.48. The zero-order chi connectivity index (χ0) is 20.7. The van der Waals surface area contributed by atoms with E-state index in [1.807, 2.05) is 0 Å². The van der Waals surface area contributed by atoms with E-state index in [0.717, 1.165) is 6.07 Å². The van der Waals surface area contributed by atoms with Gasteiger partial charge in [-0.05, 0) is 23.8 Å². The van der Waals surface area contributed by atoms with Crippen LogP contribution in [0.4, 0.5) is 4.79 Å². The van der Waals surface area contributed by atoms with Crippen LogP contribution in [0.1, 0.15) is 5.56 Å². The van der Waals surface area contributed by atoms with Gasteiger partial charge in [0.15, 0.2) is 0 Å². The van der Waals surface area contributed by atoms with E-state index in [9.17, 15) is 23.1 Å². The normalized spacial score (nSPS) is 12.2. The number of ether oxygens (including phenoxy) is 1. The largest absolute Gasteiger partial charge is 0.480 e. The zero-order valence-electron chi connectivity index (χ0n) is 14.3. The number of hydrogen-bond donors (Lipinski definition) is 3. The summed E-state index contributed by atoms with van der Waals surface area (Å²) in [5, 5.41) is 11.4. The van der Waals surface area contributed by atoms with Gasteiger partial charge in [0.2, 0.25) is 10.0 Å². The van der Waals surface area contributed by atoms with Crippen LogP contribution in [0.5, 0.6) is 0 Å². The van der Waals surface area contributed by atoms with Crippen LogP contribution < -0.4 is 10.0 Å². The van der Waals surface area contributed by atoms with Crippen molar-refractivity contribution in [2.24, 2.45) is 0 Å². The highest BCUT2D eigenvalue weighted by atomic mass is 35.5. The Morgan fingerprint density at radius 2 is 1.79 bits per heavy atom. The maximum Gasteiger partial charge on any atom is 0.408 e. The van der Waals surface area contributed by atoms with Crippen LogP contribution in [0.25, 0.3) is 0 Å². The highest BCUT2D eigenvalue weighted by Gasteiger charge is 2.25. The average Bonchev–Trinajstić information content (AvgIpc) is 2.66. The second kappa shape index (κ2) is 9.74. The molecule has 0 spiro atoms. The summed E-state index contributed by atoms with van der Waals surface area (Å²) in [5.41, 5.74) is 0.709. The van der Waals surface area contributed by atoms with Crippen LogP contribution in [0.3, 0.4) is 0 Å². The van der Waals surface area contributed by atoms with E-state index in [1.165, 1.54) is 12.1 Å². The standard InChI is InChI=1S/C17H16Cl2N2O6S/c18-12-6-7-13(19)15(8-12)28(25,26)20-9-14(16(22)23)21-17(24)27-10-11-4-2-1-3-5-11/h1-8,14,20H,9-10H2,(H,21,24)(H,22,23). The van der Waals surface area contributed by atoms with E-state index in [4.69, 9.17) is 27.9 Å². The highest BCUT2D eigenvalue weighted by Crippen LogP contribution is 2.24. The van der Waals surface area contributed by atoms with E-state index in [2.05, 4.69) is 10.0 Å². The van der Waals surface area contributed by atoms with Crippen molar-refractivity contribution in [1.29, 1.82) is 0 Å². The number of sulfonamides is 1. The average molecular weight is 447 g/mol. The SMILES string of the molecule is O=C(NC(CNS(=O)(=O)c1cc(Cl)ccc1Cl)C(=O)O)OCc1ccccc1. The van der Waals surface area contributed by atoms with Crippen LogP contribution in [-0.4, -0.2) is 38.2 Å². The Kier molecular flexibility index (Phi) is 7.64. The van der Waals surface area contributed by atoms with E-state index in [1.54, 1.807) is 30.3 Å². The molecule has 8 nitrogen and oxygen atoms in total. The van der Waals surface area contributed by atoms with Gasteiger partial charge >= 0.3 is 12.1 Å². The number of amides is 1. The van der Waals surface area contributed by atoms with Gasteiger partial charge in [-0.2, -0.15) is 0 Å². The number of carbonyl (C=O) groups excluding carboxylic acids is 1. The molecular weight excluding hydrogens is 431 g/mol. The maximum atomic E-state index is 12.3. The molecule has 0 aliphatic carbocycles. The first-order chi connectivity index (χ1) is 13.2. The fourth-order valence-corrected chi connectivity index (χ4v) is 3.87. The predicted octanol–water partition coefficient (Wildman–Crippen LogP) is 2.65. The van der Waals surface area contributed by atoms with Crippen LogP contribution in [-0.2, 0) is 26.2 Å². The third-order valence-corrected chi connectivity index (χ3v) is 5.60. The molecule has 1 atom stereocenters. The van der Waals surface area contributed by atoms with E-state index in [-0.39, 0.29) is 21.5 Å². The minimum atomic E-state index is -4.15. The summed E-state index contributed by atoms with van der Waals surface area (Å²) in [5.74, 6) is -1.45. The van der Waals surface area contributed by atoms with E-state index >= 15 is 0 Å². The van der Waals surface area contributed by atoms with Gasteiger partial charge in [-0.15, -0.1) is 0 Å². The number of rotatable bonds is 8. The van der Waals surface area contributed by atoms with Crippen molar-refractivity contribution in [2.75, 3.05) is 6.54 Å². The van der Waals surface area contributed by atoms with Crippen molar-refractivity contribution in [3.63, 3.8) is 0 Å². The Morgan fingerprint density at radius 1 is 1.11 bits per heavy atom. The fraction of sp³-hybridized carbons (Fsp3) is 0.176. The molecule has 0 aliphatic rings. The van der Waals surface area contributed by atoms with Crippen molar-refractivity contribution in [3.8, 4) is 0 Å². The first-order valence-electron chi connectivity index (χ1n) is 7.84. The van der Waals surface area contributed by atoms with Crippen LogP contribution in [0.15, 0.2) is 53.4 Å². The first-order valence-corrected chi connectivity index (χ1v) is 10.1. The Labute approximate surface area is 171 Å². The molecule has 0 radical (unpaired) electrons. The number of aliphatic carboxylic acids is 1. The summed E-state index contributed by atoms with van der Waals surface area (Å²) >= 11 is 11.6.